The summed E-state index contributed by atoms with van der Waals surface area (Å²) in [4.78, 5) is 13.0. The maximum Gasteiger partial charge on any atom is 0.353 e. The van der Waals surface area contributed by atoms with Gasteiger partial charge in [0.1, 0.15) is 16.5 Å². The van der Waals surface area contributed by atoms with Crippen molar-refractivity contribution in [1.82, 2.24) is 10.2 Å². The van der Waals surface area contributed by atoms with E-state index in [1.165, 1.54) is 18.4 Å². The first-order valence-corrected chi connectivity index (χ1v) is 11.9. The third kappa shape index (κ3) is 3.80. The molecule has 0 radical (unpaired) electrons. The lowest BCUT2D eigenvalue weighted by Crippen LogP contribution is -2.21. The number of allylic oxidation sites excluding steroid dienone is 1. The van der Waals surface area contributed by atoms with Crippen molar-refractivity contribution in [3.8, 4) is 46.2 Å². The number of rotatable bonds is 5. The van der Waals surface area contributed by atoms with E-state index < -0.39 is 11.9 Å². The Morgan fingerprint density at radius 1 is 1.19 bits per heavy atom. The zero-order valence-electron chi connectivity index (χ0n) is 19.3. The number of nitrogens with one attached hydrogen (secondary N) is 1. The summed E-state index contributed by atoms with van der Waals surface area (Å²) in [7, 11) is 1.47. The van der Waals surface area contributed by atoms with Crippen LogP contribution < -0.4 is 29.4 Å². The number of nitriles is 1. The number of carbonyl (C=O) groups excluding carboxylic acids is 1. The van der Waals surface area contributed by atoms with Gasteiger partial charge in [-0.1, -0.05) is 12.1 Å². The van der Waals surface area contributed by atoms with Crippen LogP contribution in [0.15, 0.2) is 65.4 Å². The summed E-state index contributed by atoms with van der Waals surface area (Å²) in [6, 6.07) is 16.2. The molecule has 0 amide bonds. The first-order chi connectivity index (χ1) is 18.1. The molecule has 0 saturated carbocycles. The number of aromatic nitrogens is 2. The average Bonchev–Trinajstić information content (AvgIpc) is 3.68. The fraction of sp³-hybridized carbons (Fsp3) is 0.115. The van der Waals surface area contributed by atoms with Gasteiger partial charge in [0.15, 0.2) is 23.0 Å². The normalized spacial score (nSPS) is 15.5. The molecule has 4 heterocycles. The zero-order valence-corrected chi connectivity index (χ0v) is 20.1. The van der Waals surface area contributed by atoms with Crippen LogP contribution in [-0.4, -0.2) is 30.1 Å². The minimum atomic E-state index is -0.635. The van der Waals surface area contributed by atoms with Crippen LogP contribution in [-0.2, 0) is 0 Å². The van der Waals surface area contributed by atoms with Crippen LogP contribution in [0.3, 0.4) is 0 Å². The largest absolute Gasteiger partial charge is 0.493 e. The molecule has 0 saturated heterocycles. The van der Waals surface area contributed by atoms with Gasteiger partial charge < -0.3 is 29.4 Å². The Hall–Kier alpha value is -4.95. The van der Waals surface area contributed by atoms with E-state index in [-0.39, 0.29) is 29.9 Å². The summed E-state index contributed by atoms with van der Waals surface area (Å²) < 4.78 is 27.7. The number of thiophene rings is 1. The highest BCUT2D eigenvalue weighted by Gasteiger charge is 2.36. The van der Waals surface area contributed by atoms with Crippen molar-refractivity contribution >= 4 is 17.3 Å². The van der Waals surface area contributed by atoms with Crippen LogP contribution >= 0.6 is 11.3 Å². The second kappa shape index (κ2) is 8.92. The molecule has 37 heavy (non-hydrogen) atoms. The van der Waals surface area contributed by atoms with Gasteiger partial charge in [-0.05, 0) is 47.3 Å². The Bertz CT molecular complexity index is 1600. The van der Waals surface area contributed by atoms with Crippen molar-refractivity contribution < 1.29 is 28.5 Å². The van der Waals surface area contributed by atoms with Gasteiger partial charge in [-0.15, -0.1) is 16.4 Å². The highest BCUT2D eigenvalue weighted by Crippen LogP contribution is 2.48. The Labute approximate surface area is 214 Å². The molecular formula is C26H18N4O6S. The molecule has 4 aromatic rings. The van der Waals surface area contributed by atoms with E-state index in [0.717, 1.165) is 5.56 Å². The highest BCUT2D eigenvalue weighted by molar-refractivity contribution is 7.12. The van der Waals surface area contributed by atoms with E-state index in [0.29, 0.717) is 38.9 Å². The topological polar surface area (TPSA) is 142 Å². The van der Waals surface area contributed by atoms with Gasteiger partial charge in [-0.25, -0.2) is 4.79 Å². The van der Waals surface area contributed by atoms with E-state index in [1.807, 2.05) is 12.1 Å². The number of methoxy groups -OCH3 is 1. The Morgan fingerprint density at radius 2 is 2.05 bits per heavy atom. The molecule has 0 spiro atoms. The molecule has 0 bridgehead atoms. The number of benzene rings is 2. The van der Waals surface area contributed by atoms with Gasteiger partial charge in [-0.2, -0.15) is 5.26 Å². The number of esters is 1. The molecule has 3 N–H and O–H groups in total. The predicted octanol–water partition coefficient (Wildman–Crippen LogP) is 4.31. The summed E-state index contributed by atoms with van der Waals surface area (Å²) in [5, 5.41) is 19.1. The lowest BCUT2D eigenvalue weighted by Gasteiger charge is -2.24. The summed E-state index contributed by atoms with van der Waals surface area (Å²) in [5.41, 5.74) is 9.01. The third-order valence-corrected chi connectivity index (χ3v) is 6.90. The number of H-pyrrole nitrogens is 1. The van der Waals surface area contributed by atoms with Crippen LogP contribution in [0, 0.1) is 11.3 Å². The number of hydrogen-bond acceptors (Lipinski definition) is 10. The SMILES string of the molecule is COc1cc([C@@H]2C(C#N)=C(N)Oc3n[nH]c(-c4ccc5c(c4)OCO5)c32)ccc1OC(=O)c1cccs1. The van der Waals surface area contributed by atoms with E-state index in [9.17, 15) is 10.1 Å². The number of aromatic amines is 1. The Kier molecular flexibility index (Phi) is 5.43. The second-order valence-electron chi connectivity index (χ2n) is 8.09. The minimum Gasteiger partial charge on any atom is -0.493 e. The molecule has 2 aliphatic heterocycles. The van der Waals surface area contributed by atoms with Gasteiger partial charge in [0.05, 0.1) is 24.3 Å². The summed E-state index contributed by atoms with van der Waals surface area (Å²) in [5.74, 6) is 0.889. The molecule has 11 heteroatoms. The van der Waals surface area contributed by atoms with Crippen molar-refractivity contribution in [1.29, 1.82) is 5.26 Å². The zero-order chi connectivity index (χ0) is 25.5. The number of fused-ring (bicyclic) bond motifs is 2. The second-order valence-corrected chi connectivity index (χ2v) is 9.04. The first kappa shape index (κ1) is 22.5. The lowest BCUT2D eigenvalue weighted by atomic mass is 9.83. The molecule has 1 atom stereocenters. The van der Waals surface area contributed by atoms with Gasteiger partial charge in [0.25, 0.3) is 0 Å². The van der Waals surface area contributed by atoms with Crippen LogP contribution in [0.5, 0.6) is 28.9 Å². The van der Waals surface area contributed by atoms with Crippen LogP contribution in [0.4, 0.5) is 0 Å². The molecule has 10 nitrogen and oxygen atoms in total. The van der Waals surface area contributed by atoms with Crippen molar-refractivity contribution in [3.63, 3.8) is 0 Å². The number of ether oxygens (including phenoxy) is 5. The molecule has 0 aliphatic carbocycles. The number of carbonyl (C=O) groups is 1. The standard InChI is InChI=1S/C26H18N4O6S/c1-32-18-9-13(4-7-17(18)35-26(31)20-3-2-8-37-20)21-15(11-27)24(28)36-25-22(21)23(29-30-25)14-5-6-16-19(10-14)34-12-33-16/h2-10,21H,12,28H2,1H3,(H,29,30)/t21-/m1/s1. The number of nitrogens with zero attached hydrogens (tertiary/aromatic N) is 2. The van der Waals surface area contributed by atoms with Crippen molar-refractivity contribution in [3.05, 3.63) is 81.4 Å². The number of nitrogens with two attached hydrogens (primary N) is 1. The van der Waals surface area contributed by atoms with Crippen molar-refractivity contribution in [2.75, 3.05) is 13.9 Å². The molecule has 184 valence electrons. The van der Waals surface area contributed by atoms with Crippen molar-refractivity contribution in [2.24, 2.45) is 5.73 Å². The maximum absolute atomic E-state index is 12.5. The van der Waals surface area contributed by atoms with Gasteiger partial charge in [0.2, 0.25) is 18.6 Å². The summed E-state index contributed by atoms with van der Waals surface area (Å²) >= 11 is 1.28. The lowest BCUT2D eigenvalue weighted by molar-refractivity contribution is 0.0734. The Morgan fingerprint density at radius 3 is 2.84 bits per heavy atom. The van der Waals surface area contributed by atoms with Gasteiger partial charge in [0, 0.05) is 5.56 Å². The van der Waals surface area contributed by atoms with Gasteiger partial charge >= 0.3 is 5.97 Å². The predicted molar refractivity (Wildman–Crippen MR) is 132 cm³/mol. The highest BCUT2D eigenvalue weighted by atomic mass is 32.1. The number of hydrogen-bond donors (Lipinski definition) is 2. The monoisotopic (exact) mass is 514 g/mol. The fourth-order valence-corrected chi connectivity index (χ4v) is 4.94. The molecule has 6 rings (SSSR count). The average molecular weight is 515 g/mol. The van der Waals surface area contributed by atoms with Crippen LogP contribution in [0.1, 0.15) is 26.7 Å². The molecule has 2 aromatic carbocycles. The third-order valence-electron chi connectivity index (χ3n) is 6.05. The van der Waals surface area contributed by atoms with E-state index in [4.69, 9.17) is 29.4 Å². The van der Waals surface area contributed by atoms with Gasteiger partial charge in [-0.3, -0.25) is 5.10 Å². The van der Waals surface area contributed by atoms with E-state index >= 15 is 0 Å². The minimum absolute atomic E-state index is 0.0455. The van der Waals surface area contributed by atoms with E-state index in [2.05, 4.69) is 16.3 Å². The quantitative estimate of drug-likeness (QED) is 0.294. The smallest absolute Gasteiger partial charge is 0.353 e. The molecule has 2 aliphatic rings. The first-order valence-electron chi connectivity index (χ1n) is 11.1. The van der Waals surface area contributed by atoms with Crippen molar-refractivity contribution in [2.45, 2.75) is 5.92 Å². The fourth-order valence-electron chi connectivity index (χ4n) is 4.34. The van der Waals surface area contributed by atoms with Crippen LogP contribution in [0.2, 0.25) is 0 Å². The van der Waals surface area contributed by atoms with E-state index in [1.54, 1.807) is 41.8 Å². The summed E-state index contributed by atoms with van der Waals surface area (Å²) in [6.07, 6.45) is 0. The summed E-state index contributed by atoms with van der Waals surface area (Å²) in [6.45, 7) is 0.145. The maximum atomic E-state index is 12.5. The molecular weight excluding hydrogens is 496 g/mol. The van der Waals surface area contributed by atoms with Crippen LogP contribution in [0.25, 0.3) is 11.3 Å². The molecule has 0 fully saturated rings. The Balaban J connectivity index is 1.43. The molecule has 2 aromatic heterocycles. The molecule has 0 unspecified atom stereocenters.